The van der Waals surface area contributed by atoms with E-state index < -0.39 is 48.4 Å². The molecule has 1 aromatic carbocycles. The fraction of sp³-hybridized carbons (Fsp3) is 0.474. The normalized spacial score (nSPS) is 13.8. The van der Waals surface area contributed by atoms with Crippen LogP contribution in [0.5, 0.6) is 5.75 Å². The first-order valence-electron chi connectivity index (χ1n) is 9.29. The molecule has 0 aliphatic rings. The molecule has 0 aliphatic carbocycles. The molecule has 0 saturated carbocycles. The van der Waals surface area contributed by atoms with Crippen molar-refractivity contribution in [3.8, 4) is 5.75 Å². The molecular weight excluding hydrogens is 412 g/mol. The number of carbonyl (C=O) groups is 4. The number of phenols is 1. The Morgan fingerprint density at radius 2 is 1.63 bits per heavy atom. The van der Waals surface area contributed by atoms with Crippen LogP contribution in [0.25, 0.3) is 0 Å². The van der Waals surface area contributed by atoms with Crippen molar-refractivity contribution >= 4 is 36.3 Å². The summed E-state index contributed by atoms with van der Waals surface area (Å²) in [6.45, 7) is 3.05. The van der Waals surface area contributed by atoms with Crippen LogP contribution in [0, 0.1) is 5.92 Å². The van der Waals surface area contributed by atoms with E-state index in [0.717, 1.165) is 0 Å². The van der Waals surface area contributed by atoms with E-state index in [9.17, 15) is 29.4 Å². The van der Waals surface area contributed by atoms with E-state index in [1.54, 1.807) is 26.0 Å². The molecule has 3 atom stereocenters. The lowest BCUT2D eigenvalue weighted by Gasteiger charge is -2.21. The largest absolute Gasteiger partial charge is 0.508 e. The molecule has 0 spiro atoms. The van der Waals surface area contributed by atoms with Gasteiger partial charge in [0, 0.05) is 12.2 Å². The molecule has 30 heavy (non-hydrogen) atoms. The van der Waals surface area contributed by atoms with Crippen molar-refractivity contribution < 1.29 is 29.4 Å². The van der Waals surface area contributed by atoms with Gasteiger partial charge in [-0.2, -0.15) is 12.6 Å². The first-order valence-corrected chi connectivity index (χ1v) is 9.93. The zero-order chi connectivity index (χ0) is 22.8. The maximum absolute atomic E-state index is 12.2. The zero-order valence-corrected chi connectivity index (χ0v) is 17.7. The van der Waals surface area contributed by atoms with Crippen LogP contribution in [-0.4, -0.2) is 64.3 Å². The van der Waals surface area contributed by atoms with Gasteiger partial charge < -0.3 is 31.9 Å². The maximum atomic E-state index is 12.2. The number of carbonyl (C=O) groups excluding carboxylic acids is 3. The second kappa shape index (κ2) is 12.0. The van der Waals surface area contributed by atoms with Crippen molar-refractivity contribution in [3.05, 3.63) is 29.8 Å². The lowest BCUT2D eigenvalue weighted by molar-refractivity contribution is -0.141. The highest BCUT2D eigenvalue weighted by molar-refractivity contribution is 7.80. The van der Waals surface area contributed by atoms with Crippen LogP contribution < -0.4 is 21.7 Å². The van der Waals surface area contributed by atoms with Gasteiger partial charge in [0.15, 0.2) is 0 Å². The Morgan fingerprint density at radius 3 is 2.13 bits per heavy atom. The average Bonchev–Trinajstić information content (AvgIpc) is 2.70. The summed E-state index contributed by atoms with van der Waals surface area (Å²) < 4.78 is 0. The van der Waals surface area contributed by atoms with Crippen molar-refractivity contribution in [2.75, 3.05) is 12.3 Å². The molecule has 0 bridgehead atoms. The first kappa shape index (κ1) is 25.2. The second-order valence-electron chi connectivity index (χ2n) is 7.06. The number of benzene rings is 1. The summed E-state index contributed by atoms with van der Waals surface area (Å²) in [6.07, 6.45) is -0.00227. The van der Waals surface area contributed by atoms with E-state index in [4.69, 9.17) is 5.73 Å². The van der Waals surface area contributed by atoms with Gasteiger partial charge in [0.2, 0.25) is 17.7 Å². The van der Waals surface area contributed by atoms with Crippen molar-refractivity contribution in [1.29, 1.82) is 0 Å². The van der Waals surface area contributed by atoms with E-state index in [-0.39, 0.29) is 23.8 Å². The quantitative estimate of drug-likeness (QED) is 0.217. The molecule has 11 heteroatoms. The average molecular weight is 441 g/mol. The molecule has 3 unspecified atom stereocenters. The standard InChI is InChI=1S/C19H28N4O6S/c1-10(2)16(20)18(27)23-14(9-30)17(26)21-8-15(25)22-13(19(28)29)7-11-3-5-12(24)6-4-11/h3-6,10,13-14,16,24,30H,7-9,20H2,1-2H3,(H,21,26)(H,22,25)(H,23,27)(H,28,29). The number of nitrogens with two attached hydrogens (primary N) is 1. The second-order valence-corrected chi connectivity index (χ2v) is 7.43. The van der Waals surface area contributed by atoms with E-state index in [2.05, 4.69) is 28.6 Å². The summed E-state index contributed by atoms with van der Waals surface area (Å²) >= 11 is 4.03. The predicted octanol–water partition coefficient (Wildman–Crippen LogP) is -0.982. The highest BCUT2D eigenvalue weighted by atomic mass is 32.1. The van der Waals surface area contributed by atoms with Gasteiger partial charge in [0.1, 0.15) is 17.8 Å². The summed E-state index contributed by atoms with van der Waals surface area (Å²) in [5.74, 6) is -3.21. The minimum Gasteiger partial charge on any atom is -0.508 e. The van der Waals surface area contributed by atoms with Crippen molar-refractivity contribution in [1.82, 2.24) is 16.0 Å². The molecular formula is C19H28N4O6S. The molecule has 166 valence electrons. The number of phenolic OH excluding ortho intramolecular Hbond substituents is 1. The number of aliphatic carboxylic acids is 1. The molecule has 1 aromatic rings. The van der Waals surface area contributed by atoms with Crippen LogP contribution in [0.2, 0.25) is 0 Å². The highest BCUT2D eigenvalue weighted by Crippen LogP contribution is 2.11. The topological polar surface area (TPSA) is 171 Å². The van der Waals surface area contributed by atoms with Gasteiger partial charge in [-0.25, -0.2) is 4.79 Å². The Morgan fingerprint density at radius 1 is 1.03 bits per heavy atom. The number of rotatable bonds is 11. The lowest BCUT2D eigenvalue weighted by atomic mass is 10.0. The number of hydrogen-bond acceptors (Lipinski definition) is 7. The third kappa shape index (κ3) is 8.29. The van der Waals surface area contributed by atoms with Crippen molar-refractivity contribution in [3.63, 3.8) is 0 Å². The number of aromatic hydroxyl groups is 1. The Labute approximate surface area is 180 Å². The summed E-state index contributed by atoms with van der Waals surface area (Å²) in [4.78, 5) is 47.7. The van der Waals surface area contributed by atoms with Crippen molar-refractivity contribution in [2.24, 2.45) is 11.7 Å². The third-order valence-electron chi connectivity index (χ3n) is 4.27. The number of hydrogen-bond donors (Lipinski definition) is 7. The molecule has 0 radical (unpaired) electrons. The molecule has 1 rings (SSSR count). The van der Waals surface area contributed by atoms with Gasteiger partial charge in [-0.15, -0.1) is 0 Å². The van der Waals surface area contributed by atoms with Crippen LogP contribution in [0.3, 0.4) is 0 Å². The molecule has 0 fully saturated rings. The molecule has 7 N–H and O–H groups in total. The Bertz CT molecular complexity index is 756. The van der Waals surface area contributed by atoms with Gasteiger partial charge in [0.05, 0.1) is 12.6 Å². The van der Waals surface area contributed by atoms with Crippen LogP contribution >= 0.6 is 12.6 Å². The smallest absolute Gasteiger partial charge is 0.326 e. The number of thiol groups is 1. The fourth-order valence-electron chi connectivity index (χ4n) is 2.37. The van der Waals surface area contributed by atoms with E-state index in [1.165, 1.54) is 12.1 Å². The summed E-state index contributed by atoms with van der Waals surface area (Å²) in [5, 5.41) is 25.7. The van der Waals surface area contributed by atoms with E-state index in [1.807, 2.05) is 0 Å². The van der Waals surface area contributed by atoms with Gasteiger partial charge in [-0.05, 0) is 23.6 Å². The summed E-state index contributed by atoms with van der Waals surface area (Å²) in [5.41, 5.74) is 6.34. The SMILES string of the molecule is CC(C)C(N)C(=O)NC(CS)C(=O)NCC(=O)NC(Cc1ccc(O)cc1)C(=O)O. The summed E-state index contributed by atoms with van der Waals surface area (Å²) in [7, 11) is 0. The summed E-state index contributed by atoms with van der Waals surface area (Å²) in [6, 6.07) is 2.90. The molecule has 10 nitrogen and oxygen atoms in total. The minimum absolute atomic E-state index is 0.00227. The van der Waals surface area contributed by atoms with Crippen LogP contribution in [-0.2, 0) is 25.6 Å². The minimum atomic E-state index is -1.24. The first-order chi connectivity index (χ1) is 14.0. The zero-order valence-electron chi connectivity index (χ0n) is 16.8. The maximum Gasteiger partial charge on any atom is 0.326 e. The third-order valence-corrected chi connectivity index (χ3v) is 4.63. The molecule has 0 aliphatic heterocycles. The van der Waals surface area contributed by atoms with Crippen LogP contribution in [0.1, 0.15) is 19.4 Å². The van der Waals surface area contributed by atoms with Gasteiger partial charge in [-0.3, -0.25) is 14.4 Å². The van der Waals surface area contributed by atoms with Gasteiger partial charge >= 0.3 is 5.97 Å². The van der Waals surface area contributed by atoms with Crippen LogP contribution in [0.4, 0.5) is 0 Å². The lowest BCUT2D eigenvalue weighted by Crippen LogP contribution is -2.55. The molecule has 0 heterocycles. The predicted molar refractivity (Wildman–Crippen MR) is 113 cm³/mol. The monoisotopic (exact) mass is 440 g/mol. The molecule has 0 aromatic heterocycles. The van der Waals surface area contributed by atoms with Gasteiger partial charge in [0.25, 0.3) is 0 Å². The number of carboxylic acid groups (broad SMARTS) is 1. The Balaban J connectivity index is 2.58. The van der Waals surface area contributed by atoms with E-state index in [0.29, 0.717) is 5.56 Å². The van der Waals surface area contributed by atoms with Crippen LogP contribution in [0.15, 0.2) is 24.3 Å². The Hall–Kier alpha value is -2.79. The number of nitrogens with one attached hydrogen (secondary N) is 3. The highest BCUT2D eigenvalue weighted by Gasteiger charge is 2.25. The number of carboxylic acids is 1. The van der Waals surface area contributed by atoms with Crippen molar-refractivity contribution in [2.45, 2.75) is 38.4 Å². The Kier molecular flexibility index (Phi) is 10.1. The number of amides is 3. The van der Waals surface area contributed by atoms with E-state index >= 15 is 0 Å². The molecule has 3 amide bonds. The van der Waals surface area contributed by atoms with Gasteiger partial charge in [-0.1, -0.05) is 26.0 Å². The fourth-order valence-corrected chi connectivity index (χ4v) is 2.63. The molecule has 0 saturated heterocycles.